The van der Waals surface area contributed by atoms with E-state index in [0.29, 0.717) is 0 Å². The maximum Gasteiger partial charge on any atom is 0.0699 e. The van der Waals surface area contributed by atoms with Crippen LogP contribution < -0.4 is 19.6 Å². The molecule has 0 saturated heterocycles. The Hall–Kier alpha value is -8.60. The summed E-state index contributed by atoms with van der Waals surface area (Å²) in [4.78, 5) is 9.50. The molecule has 2 aliphatic heterocycles. The van der Waals surface area contributed by atoms with Crippen molar-refractivity contribution >= 4 is 89.2 Å². The lowest BCUT2D eigenvalue weighted by Gasteiger charge is -2.39. The summed E-state index contributed by atoms with van der Waals surface area (Å²) in [6.45, 7) is 0. The van der Waals surface area contributed by atoms with Crippen molar-refractivity contribution in [2.75, 3.05) is 33.7 Å². The van der Waals surface area contributed by atoms with Gasteiger partial charge in [0.1, 0.15) is 0 Å². The Labute approximate surface area is 385 Å². The molecular formula is C62H44N4. The molecule has 11 aromatic rings. The fourth-order valence-corrected chi connectivity index (χ4v) is 10.7. The van der Waals surface area contributed by atoms with Crippen LogP contribution in [-0.2, 0) is 0 Å². The van der Waals surface area contributed by atoms with Crippen molar-refractivity contribution < 1.29 is 0 Å². The second-order valence-corrected chi connectivity index (χ2v) is 17.5. The maximum atomic E-state index is 2.45. The minimum absolute atomic E-state index is 1.11. The maximum absolute atomic E-state index is 2.45. The van der Waals surface area contributed by atoms with Crippen molar-refractivity contribution in [1.29, 1.82) is 0 Å². The van der Waals surface area contributed by atoms with Crippen LogP contribution in [0.15, 0.2) is 231 Å². The highest BCUT2D eigenvalue weighted by Gasteiger charge is 2.30. The van der Waals surface area contributed by atoms with Gasteiger partial charge in [0.15, 0.2) is 0 Å². The molecule has 2 aliphatic rings. The zero-order valence-corrected chi connectivity index (χ0v) is 36.7. The predicted octanol–water partition coefficient (Wildman–Crippen LogP) is 17.2. The smallest absolute Gasteiger partial charge is 0.0699 e. The highest BCUT2D eigenvalue weighted by atomic mass is 15.3. The molecule has 0 amide bonds. The van der Waals surface area contributed by atoms with Crippen molar-refractivity contribution in [1.82, 2.24) is 0 Å². The van der Waals surface area contributed by atoms with E-state index in [1.807, 2.05) is 0 Å². The van der Waals surface area contributed by atoms with Gasteiger partial charge >= 0.3 is 0 Å². The van der Waals surface area contributed by atoms with Crippen molar-refractivity contribution in [2.24, 2.45) is 0 Å². The summed E-state index contributed by atoms with van der Waals surface area (Å²) in [5.74, 6) is 0. The van der Waals surface area contributed by atoms with Gasteiger partial charge < -0.3 is 19.6 Å². The molecule has 0 radical (unpaired) electrons. The summed E-state index contributed by atoms with van der Waals surface area (Å²) in [6.07, 6.45) is 0. The van der Waals surface area contributed by atoms with Crippen molar-refractivity contribution in [3.63, 3.8) is 0 Å². The number of rotatable bonds is 5. The van der Waals surface area contributed by atoms with Crippen molar-refractivity contribution in [3.05, 3.63) is 231 Å². The number of benzene rings is 11. The lowest BCUT2D eigenvalue weighted by atomic mass is 9.84. The lowest BCUT2D eigenvalue weighted by Crippen LogP contribution is -2.24. The minimum atomic E-state index is 1.11. The summed E-state index contributed by atoms with van der Waals surface area (Å²) in [5, 5.41) is 7.26. The van der Waals surface area contributed by atoms with Gasteiger partial charge in [-0.25, -0.2) is 0 Å². The number of hydrogen-bond donors (Lipinski definition) is 0. The van der Waals surface area contributed by atoms with E-state index in [1.165, 1.54) is 88.4 Å². The molecule has 0 spiro atoms. The van der Waals surface area contributed by atoms with Gasteiger partial charge in [-0.15, -0.1) is 0 Å². The molecule has 4 heteroatoms. The van der Waals surface area contributed by atoms with Crippen LogP contribution in [0.2, 0.25) is 0 Å². The molecule has 2 heterocycles. The largest absolute Gasteiger partial charge is 0.341 e. The summed E-state index contributed by atoms with van der Waals surface area (Å²) in [7, 11) is 4.34. The van der Waals surface area contributed by atoms with Crippen LogP contribution in [0.1, 0.15) is 0 Å². The molecular weight excluding hydrogens is 801 g/mol. The molecule has 66 heavy (non-hydrogen) atoms. The summed E-state index contributed by atoms with van der Waals surface area (Å²) < 4.78 is 0. The van der Waals surface area contributed by atoms with Crippen molar-refractivity contribution in [2.45, 2.75) is 0 Å². The van der Waals surface area contributed by atoms with Crippen LogP contribution in [0, 0.1) is 0 Å². The van der Waals surface area contributed by atoms with E-state index >= 15 is 0 Å². The SMILES string of the molecule is CN1c2ccccc2N(c2ccc3c(-c4ccc5ccccc5c4)c4cc(N5c6ccccc6N(C)c6ccccc65)ccc4c(-c4ccc(-c5ccccc5)cc4)c3c2)c2ccccc21. The van der Waals surface area contributed by atoms with Crippen LogP contribution in [0.4, 0.5) is 56.9 Å². The number of anilines is 10. The Morgan fingerprint density at radius 3 is 1.09 bits per heavy atom. The summed E-state index contributed by atoms with van der Waals surface area (Å²) >= 11 is 0. The number of nitrogens with zero attached hydrogens (tertiary/aromatic N) is 4. The first-order chi connectivity index (χ1) is 32.6. The minimum Gasteiger partial charge on any atom is -0.341 e. The number of fused-ring (bicyclic) bond motifs is 7. The molecule has 312 valence electrons. The zero-order chi connectivity index (χ0) is 43.9. The van der Waals surface area contributed by atoms with E-state index in [4.69, 9.17) is 0 Å². The molecule has 11 aromatic carbocycles. The molecule has 0 saturated carbocycles. The van der Waals surface area contributed by atoms with E-state index in [9.17, 15) is 0 Å². The standard InChI is InChI=1S/C62H44N4/c1-63-53-20-8-12-24-57(53)65(58-25-13-9-21-54(58)63)47-35-37-50-51(39-47)61(44-31-28-43(29-32-44)41-16-4-3-5-17-41)49-36-34-48(40-52(49)62(50)46-33-30-42-18-6-7-19-45(42)38-46)66-59-26-14-10-22-55(59)64(2)56-23-11-15-27-60(56)66/h3-40H,1-2H3. The fourth-order valence-electron chi connectivity index (χ4n) is 10.7. The summed E-state index contributed by atoms with van der Waals surface area (Å²) in [5.41, 5.74) is 18.7. The van der Waals surface area contributed by atoms with Crippen LogP contribution in [0.5, 0.6) is 0 Å². The van der Waals surface area contributed by atoms with Gasteiger partial charge in [-0.1, -0.05) is 152 Å². The van der Waals surface area contributed by atoms with E-state index < -0.39 is 0 Å². The third-order valence-corrected chi connectivity index (χ3v) is 13.9. The van der Waals surface area contributed by atoms with E-state index in [-0.39, 0.29) is 0 Å². The quantitative estimate of drug-likeness (QED) is 0.160. The Morgan fingerprint density at radius 2 is 0.606 bits per heavy atom. The van der Waals surface area contributed by atoms with Crippen LogP contribution in [-0.4, -0.2) is 14.1 Å². The summed E-state index contributed by atoms with van der Waals surface area (Å²) in [6, 6.07) is 84.8. The number of hydrogen-bond acceptors (Lipinski definition) is 4. The molecule has 0 aromatic heterocycles. The predicted molar refractivity (Wildman–Crippen MR) is 281 cm³/mol. The molecule has 0 fully saturated rings. The lowest BCUT2D eigenvalue weighted by molar-refractivity contribution is 1.13. The highest BCUT2D eigenvalue weighted by molar-refractivity contribution is 6.23. The van der Waals surface area contributed by atoms with Crippen LogP contribution in [0.25, 0.3) is 65.7 Å². The van der Waals surface area contributed by atoms with Gasteiger partial charge in [-0.05, 0) is 145 Å². The molecule has 0 bridgehead atoms. The molecule has 0 N–H and O–H groups in total. The highest BCUT2D eigenvalue weighted by Crippen LogP contribution is 2.55. The average Bonchev–Trinajstić information content (AvgIpc) is 3.38. The van der Waals surface area contributed by atoms with Crippen LogP contribution >= 0.6 is 0 Å². The van der Waals surface area contributed by atoms with Gasteiger partial charge in [-0.2, -0.15) is 0 Å². The topological polar surface area (TPSA) is 13.0 Å². The van der Waals surface area contributed by atoms with Gasteiger partial charge in [0.25, 0.3) is 0 Å². The first-order valence-electron chi connectivity index (χ1n) is 22.7. The molecule has 0 aliphatic carbocycles. The Balaban J connectivity index is 1.13. The second-order valence-electron chi connectivity index (χ2n) is 17.5. The molecule has 13 rings (SSSR count). The van der Waals surface area contributed by atoms with Crippen molar-refractivity contribution in [3.8, 4) is 33.4 Å². The average molecular weight is 845 g/mol. The van der Waals surface area contributed by atoms with E-state index in [1.54, 1.807) is 0 Å². The Bertz CT molecular complexity index is 3610. The van der Waals surface area contributed by atoms with Gasteiger partial charge in [0.05, 0.1) is 45.5 Å². The second kappa shape index (κ2) is 15.0. The Morgan fingerprint density at radius 1 is 0.242 bits per heavy atom. The first kappa shape index (κ1) is 37.9. The third kappa shape index (κ3) is 5.85. The normalized spacial score (nSPS) is 12.9. The monoisotopic (exact) mass is 844 g/mol. The molecule has 0 unspecified atom stereocenters. The fraction of sp³-hybridized carbons (Fsp3) is 0.0323. The Kier molecular flexibility index (Phi) is 8.62. The van der Waals surface area contributed by atoms with Gasteiger partial charge in [0.2, 0.25) is 0 Å². The third-order valence-electron chi connectivity index (χ3n) is 13.9. The zero-order valence-electron chi connectivity index (χ0n) is 36.7. The van der Waals surface area contributed by atoms with Gasteiger partial charge in [0, 0.05) is 25.5 Å². The van der Waals surface area contributed by atoms with E-state index in [2.05, 4.69) is 264 Å². The molecule has 0 atom stereocenters. The van der Waals surface area contributed by atoms with Gasteiger partial charge in [-0.3, -0.25) is 0 Å². The van der Waals surface area contributed by atoms with Crippen LogP contribution in [0.3, 0.4) is 0 Å². The molecule has 4 nitrogen and oxygen atoms in total. The number of para-hydroxylation sites is 8. The first-order valence-corrected chi connectivity index (χ1v) is 22.7. The van der Waals surface area contributed by atoms with E-state index in [0.717, 1.165) is 34.1 Å².